The van der Waals surface area contributed by atoms with Crippen molar-refractivity contribution in [3.8, 4) is 22.8 Å². The van der Waals surface area contributed by atoms with Crippen LogP contribution in [0.15, 0.2) is 91.0 Å². The van der Waals surface area contributed by atoms with Gasteiger partial charge in [0.2, 0.25) is 5.91 Å². The van der Waals surface area contributed by atoms with Gasteiger partial charge in [-0.05, 0) is 73.2 Å². The minimum Gasteiger partial charge on any atom is -0.497 e. The maximum Gasteiger partial charge on any atom is 0.254 e. The Hall–Kier alpha value is -4.92. The largest absolute Gasteiger partial charge is 0.497 e. The van der Waals surface area contributed by atoms with Gasteiger partial charge < -0.3 is 24.2 Å². The quantitative estimate of drug-likeness (QED) is 0.290. The third kappa shape index (κ3) is 6.52. The molecule has 9 nitrogen and oxygen atoms in total. The summed E-state index contributed by atoms with van der Waals surface area (Å²) in [7, 11) is 3.23. The fourth-order valence-electron chi connectivity index (χ4n) is 5.04. The van der Waals surface area contributed by atoms with Crippen LogP contribution < -0.4 is 14.4 Å². The highest BCUT2D eigenvalue weighted by atomic mass is 16.5. The van der Waals surface area contributed by atoms with Crippen molar-refractivity contribution in [1.29, 1.82) is 0 Å². The van der Waals surface area contributed by atoms with Gasteiger partial charge in [0, 0.05) is 37.3 Å². The van der Waals surface area contributed by atoms with Crippen LogP contribution in [0.2, 0.25) is 0 Å². The monoisotopic (exact) mass is 565 g/mol. The van der Waals surface area contributed by atoms with Crippen LogP contribution in [0, 0.1) is 0 Å². The number of carbonyl (C=O) groups excluding carboxylic acids is 2. The minimum absolute atomic E-state index is 0.0166. The summed E-state index contributed by atoms with van der Waals surface area (Å²) in [5.41, 5.74) is 3.22. The zero-order chi connectivity index (χ0) is 29.5. The van der Waals surface area contributed by atoms with E-state index in [0.717, 1.165) is 28.4 Å². The molecule has 216 valence electrons. The number of hydrogen-bond donors (Lipinski definition) is 0. The van der Waals surface area contributed by atoms with Crippen molar-refractivity contribution in [3.63, 3.8) is 0 Å². The molecule has 0 spiro atoms. The molecule has 0 aliphatic carbocycles. The lowest BCUT2D eigenvalue weighted by Gasteiger charge is -2.37. The van der Waals surface area contributed by atoms with E-state index in [4.69, 9.17) is 9.47 Å². The van der Waals surface area contributed by atoms with Crippen molar-refractivity contribution in [1.82, 2.24) is 20.0 Å². The van der Waals surface area contributed by atoms with E-state index in [-0.39, 0.29) is 24.4 Å². The van der Waals surface area contributed by atoms with Crippen LogP contribution in [-0.2, 0) is 4.79 Å². The van der Waals surface area contributed by atoms with Gasteiger partial charge in [-0.15, -0.1) is 10.2 Å². The number of nitrogens with zero attached hydrogens (tertiary/aromatic N) is 5. The highest BCUT2D eigenvalue weighted by molar-refractivity contribution is 5.97. The molecule has 1 aromatic heterocycles. The Labute approximate surface area is 246 Å². The molecule has 1 saturated heterocycles. The average molecular weight is 566 g/mol. The number of piperazine rings is 1. The van der Waals surface area contributed by atoms with Crippen LogP contribution in [0.1, 0.15) is 28.9 Å². The molecule has 0 bridgehead atoms. The van der Waals surface area contributed by atoms with Crippen LogP contribution in [0.3, 0.4) is 0 Å². The number of ether oxygens (including phenoxy) is 2. The second-order valence-electron chi connectivity index (χ2n) is 10.1. The third-order valence-corrected chi connectivity index (χ3v) is 7.65. The summed E-state index contributed by atoms with van der Waals surface area (Å²) in [6.07, 6.45) is 0. The highest BCUT2D eigenvalue weighted by Gasteiger charge is 2.29. The lowest BCUT2D eigenvalue weighted by molar-refractivity contribution is -0.132. The van der Waals surface area contributed by atoms with Crippen molar-refractivity contribution >= 4 is 17.6 Å². The van der Waals surface area contributed by atoms with Crippen LogP contribution >= 0.6 is 0 Å². The number of methoxy groups -OCH3 is 2. The molecule has 2 amide bonds. The smallest absolute Gasteiger partial charge is 0.254 e. The molecule has 5 rings (SSSR count). The van der Waals surface area contributed by atoms with Crippen molar-refractivity contribution in [2.45, 2.75) is 13.0 Å². The Morgan fingerprint density at radius 3 is 1.98 bits per heavy atom. The van der Waals surface area contributed by atoms with E-state index in [9.17, 15) is 9.59 Å². The van der Waals surface area contributed by atoms with Gasteiger partial charge in [0.25, 0.3) is 5.91 Å². The Bertz CT molecular complexity index is 1470. The Balaban J connectivity index is 1.24. The number of amides is 2. The van der Waals surface area contributed by atoms with Gasteiger partial charge in [0.05, 0.1) is 26.0 Å². The fraction of sp³-hybridized carbons (Fsp3) is 0.273. The number of aromatic nitrogens is 2. The Morgan fingerprint density at radius 2 is 1.40 bits per heavy atom. The average Bonchev–Trinajstić information content (AvgIpc) is 3.07. The molecule has 1 aliphatic rings. The molecule has 4 aromatic rings. The summed E-state index contributed by atoms with van der Waals surface area (Å²) in [5, 5.41) is 8.86. The molecule has 0 N–H and O–H groups in total. The highest BCUT2D eigenvalue weighted by Crippen LogP contribution is 2.25. The van der Waals surface area contributed by atoms with Crippen molar-refractivity contribution in [2.24, 2.45) is 0 Å². The second kappa shape index (κ2) is 13.2. The first-order valence-corrected chi connectivity index (χ1v) is 14.0. The number of anilines is 1. The summed E-state index contributed by atoms with van der Waals surface area (Å²) < 4.78 is 10.5. The standard InChI is InChI=1S/C33H35N5O4/c1-24(25-7-5-4-6-8-25)38(33(40)27-11-15-29(42-3)16-12-27)23-32(39)37-21-19-36(20-22-37)31-18-17-30(34-35-31)26-9-13-28(41-2)14-10-26/h4-18,24H,19-23H2,1-3H3/t24-/m0/s1. The van der Waals surface area contributed by atoms with Crippen molar-refractivity contribution in [3.05, 3.63) is 102 Å². The maximum atomic E-state index is 13.7. The van der Waals surface area contributed by atoms with Crippen LogP contribution in [0.25, 0.3) is 11.3 Å². The molecule has 42 heavy (non-hydrogen) atoms. The zero-order valence-electron chi connectivity index (χ0n) is 24.1. The zero-order valence-corrected chi connectivity index (χ0v) is 24.1. The van der Waals surface area contributed by atoms with E-state index in [2.05, 4.69) is 15.1 Å². The number of benzene rings is 3. The van der Waals surface area contributed by atoms with E-state index in [0.29, 0.717) is 37.5 Å². The molecule has 3 aromatic carbocycles. The summed E-state index contributed by atoms with van der Waals surface area (Å²) in [4.78, 5) is 32.8. The van der Waals surface area contributed by atoms with Gasteiger partial charge in [-0.2, -0.15) is 0 Å². The van der Waals surface area contributed by atoms with Gasteiger partial charge in [0.1, 0.15) is 18.0 Å². The molecule has 1 fully saturated rings. The number of carbonyl (C=O) groups is 2. The van der Waals surface area contributed by atoms with Crippen molar-refractivity contribution < 1.29 is 19.1 Å². The summed E-state index contributed by atoms with van der Waals surface area (Å²) >= 11 is 0. The molecule has 0 unspecified atom stereocenters. The number of hydrogen-bond acceptors (Lipinski definition) is 7. The topological polar surface area (TPSA) is 88.1 Å². The van der Waals surface area contributed by atoms with Crippen LogP contribution in [-0.4, -0.2) is 78.8 Å². The normalized spacial score (nSPS) is 13.8. The van der Waals surface area contributed by atoms with E-state index in [1.807, 2.05) is 78.6 Å². The van der Waals surface area contributed by atoms with Crippen LogP contribution in [0.4, 0.5) is 5.82 Å². The summed E-state index contributed by atoms with van der Waals surface area (Å²) in [6, 6.07) is 28.1. The minimum atomic E-state index is -0.287. The molecular formula is C33H35N5O4. The first-order chi connectivity index (χ1) is 20.5. The number of rotatable bonds is 9. The first kappa shape index (κ1) is 28.6. The molecule has 1 aliphatic heterocycles. The lowest BCUT2D eigenvalue weighted by atomic mass is 10.1. The lowest BCUT2D eigenvalue weighted by Crippen LogP contribution is -2.52. The van der Waals surface area contributed by atoms with E-state index in [1.54, 1.807) is 43.4 Å². The molecule has 2 heterocycles. The molecule has 1 atom stereocenters. The second-order valence-corrected chi connectivity index (χ2v) is 10.1. The van der Waals surface area contributed by atoms with E-state index in [1.165, 1.54) is 0 Å². The van der Waals surface area contributed by atoms with Gasteiger partial charge in [-0.1, -0.05) is 30.3 Å². The maximum absolute atomic E-state index is 13.7. The van der Waals surface area contributed by atoms with Crippen LogP contribution in [0.5, 0.6) is 11.5 Å². The predicted molar refractivity (Wildman–Crippen MR) is 162 cm³/mol. The Morgan fingerprint density at radius 1 is 0.786 bits per heavy atom. The SMILES string of the molecule is COc1ccc(C(=O)N(CC(=O)N2CCN(c3ccc(-c4ccc(OC)cc4)nn3)CC2)[C@@H](C)c2ccccc2)cc1. The first-order valence-electron chi connectivity index (χ1n) is 14.0. The van der Waals surface area contributed by atoms with Gasteiger partial charge in [-0.3, -0.25) is 9.59 Å². The Kier molecular flexibility index (Phi) is 8.96. The van der Waals surface area contributed by atoms with Gasteiger partial charge in [0.15, 0.2) is 5.82 Å². The van der Waals surface area contributed by atoms with E-state index >= 15 is 0 Å². The summed E-state index contributed by atoms with van der Waals surface area (Å²) in [6.45, 7) is 4.26. The van der Waals surface area contributed by atoms with Gasteiger partial charge in [-0.25, -0.2) is 0 Å². The molecular weight excluding hydrogens is 530 g/mol. The fourth-order valence-corrected chi connectivity index (χ4v) is 5.04. The third-order valence-electron chi connectivity index (χ3n) is 7.65. The molecule has 0 radical (unpaired) electrons. The van der Waals surface area contributed by atoms with Gasteiger partial charge >= 0.3 is 0 Å². The summed E-state index contributed by atoms with van der Waals surface area (Å²) in [5.74, 6) is 1.95. The molecule has 0 saturated carbocycles. The predicted octanol–water partition coefficient (Wildman–Crippen LogP) is 4.71. The van der Waals surface area contributed by atoms with Crippen molar-refractivity contribution in [2.75, 3.05) is 51.8 Å². The molecule has 9 heteroatoms. The van der Waals surface area contributed by atoms with E-state index < -0.39 is 0 Å².